The maximum atomic E-state index is 11.1. The Balaban J connectivity index is 2.11. The summed E-state index contributed by atoms with van der Waals surface area (Å²) in [5.74, 6) is 0.287. The van der Waals surface area contributed by atoms with E-state index < -0.39 is 5.97 Å². The van der Waals surface area contributed by atoms with Gasteiger partial charge in [0.05, 0.1) is 0 Å². The fourth-order valence-electron chi connectivity index (χ4n) is 2.51. The van der Waals surface area contributed by atoms with Gasteiger partial charge in [-0.25, -0.2) is 0 Å². The molecule has 0 unspecified atom stereocenters. The van der Waals surface area contributed by atoms with Gasteiger partial charge in [0.25, 0.3) is 0 Å². The number of benzene rings is 1. The lowest BCUT2D eigenvalue weighted by molar-refractivity contribution is -0.136. The van der Waals surface area contributed by atoms with Gasteiger partial charge in [0, 0.05) is 30.9 Å². The third-order valence-electron chi connectivity index (χ3n) is 3.65. The predicted octanol–water partition coefficient (Wildman–Crippen LogP) is 3.74. The average Bonchev–Trinajstić information content (AvgIpc) is 2.93. The molecule has 0 radical (unpaired) electrons. The van der Waals surface area contributed by atoms with Crippen LogP contribution in [0.5, 0.6) is 0 Å². The quantitative estimate of drug-likeness (QED) is 0.796. The van der Waals surface area contributed by atoms with E-state index in [0.717, 1.165) is 22.4 Å². The molecule has 0 aromatic heterocycles. The second kappa shape index (κ2) is 5.56. The molecule has 1 aromatic carbocycles. The minimum atomic E-state index is -0.902. The number of hydrogen-bond acceptors (Lipinski definition) is 3. The summed E-state index contributed by atoms with van der Waals surface area (Å²) in [5, 5.41) is 9.11. The Morgan fingerprint density at radius 1 is 1.09 bits per heavy atom. The molecule has 1 N–H and O–H groups in total. The van der Waals surface area contributed by atoms with Crippen LogP contribution in [-0.2, 0) is 11.2 Å². The molecule has 0 fully saturated rings. The van der Waals surface area contributed by atoms with Crippen molar-refractivity contribution in [3.05, 3.63) is 54.3 Å². The van der Waals surface area contributed by atoms with Crippen LogP contribution in [0.4, 0.5) is 5.69 Å². The minimum absolute atomic E-state index is 0.133. The Morgan fingerprint density at radius 3 is 2.45 bits per heavy atom. The molecule has 0 saturated heterocycles. The average molecular weight is 295 g/mol. The van der Waals surface area contributed by atoms with Gasteiger partial charge in [0.1, 0.15) is 17.9 Å². The Bertz CT molecular complexity index is 771. The third kappa shape index (κ3) is 2.68. The van der Waals surface area contributed by atoms with Crippen molar-refractivity contribution >= 4 is 11.7 Å². The van der Waals surface area contributed by atoms with Gasteiger partial charge >= 0.3 is 5.97 Å². The SMILES string of the molecule is CN(C)c1ccc(-c2cc3cccc-3oc2CC(=O)O)cc1. The molecule has 1 heterocycles. The lowest BCUT2D eigenvalue weighted by Gasteiger charge is -2.14. The molecule has 2 aliphatic rings. The van der Waals surface area contributed by atoms with Crippen molar-refractivity contribution in [3.63, 3.8) is 0 Å². The monoisotopic (exact) mass is 295 g/mol. The first-order chi connectivity index (χ1) is 10.5. The number of carboxylic acid groups (broad SMARTS) is 1. The van der Waals surface area contributed by atoms with Crippen LogP contribution in [0, 0.1) is 0 Å². The van der Waals surface area contributed by atoms with Gasteiger partial charge in [-0.15, -0.1) is 0 Å². The van der Waals surface area contributed by atoms with Gasteiger partial charge in [-0.1, -0.05) is 24.3 Å². The first-order valence-corrected chi connectivity index (χ1v) is 7.05. The van der Waals surface area contributed by atoms with Gasteiger partial charge in [0.15, 0.2) is 0 Å². The van der Waals surface area contributed by atoms with Crippen molar-refractivity contribution in [1.29, 1.82) is 0 Å². The van der Waals surface area contributed by atoms with Crippen molar-refractivity contribution < 1.29 is 14.3 Å². The van der Waals surface area contributed by atoms with E-state index in [0.29, 0.717) is 11.5 Å². The van der Waals surface area contributed by atoms with Crippen molar-refractivity contribution in [2.24, 2.45) is 0 Å². The van der Waals surface area contributed by atoms with E-state index in [-0.39, 0.29) is 6.42 Å². The zero-order valence-corrected chi connectivity index (χ0v) is 12.5. The molecule has 4 nitrogen and oxygen atoms in total. The summed E-state index contributed by atoms with van der Waals surface area (Å²) < 4.78 is 5.78. The van der Waals surface area contributed by atoms with Crippen molar-refractivity contribution in [3.8, 4) is 22.5 Å². The Morgan fingerprint density at radius 2 is 1.82 bits per heavy atom. The van der Waals surface area contributed by atoms with E-state index in [9.17, 15) is 4.79 Å². The fourth-order valence-corrected chi connectivity index (χ4v) is 2.51. The molecule has 0 spiro atoms. The van der Waals surface area contributed by atoms with Gasteiger partial charge in [-0.05, 0) is 29.8 Å². The maximum absolute atomic E-state index is 11.1. The highest BCUT2D eigenvalue weighted by atomic mass is 16.4. The fraction of sp³-hybridized carbons (Fsp3) is 0.167. The summed E-state index contributed by atoms with van der Waals surface area (Å²) in [7, 11) is 3.96. The number of carbonyl (C=O) groups is 1. The van der Waals surface area contributed by atoms with Crippen LogP contribution in [-0.4, -0.2) is 25.2 Å². The molecule has 1 aliphatic heterocycles. The van der Waals surface area contributed by atoms with E-state index >= 15 is 0 Å². The van der Waals surface area contributed by atoms with Gasteiger partial charge in [0.2, 0.25) is 0 Å². The highest BCUT2D eigenvalue weighted by molar-refractivity contribution is 5.79. The van der Waals surface area contributed by atoms with Crippen LogP contribution < -0.4 is 4.90 Å². The number of nitrogens with zero attached hydrogens (tertiary/aromatic N) is 1. The van der Waals surface area contributed by atoms with Crippen LogP contribution in [0.2, 0.25) is 0 Å². The van der Waals surface area contributed by atoms with Crippen molar-refractivity contribution in [2.75, 3.05) is 19.0 Å². The first kappa shape index (κ1) is 14.2. The van der Waals surface area contributed by atoms with Crippen molar-refractivity contribution in [2.45, 2.75) is 6.42 Å². The minimum Gasteiger partial charge on any atom is -0.481 e. The normalized spacial score (nSPS) is 10.8. The van der Waals surface area contributed by atoms with Crippen LogP contribution in [0.3, 0.4) is 0 Å². The molecular weight excluding hydrogens is 278 g/mol. The first-order valence-electron chi connectivity index (χ1n) is 7.05. The Kier molecular flexibility index (Phi) is 3.59. The molecule has 22 heavy (non-hydrogen) atoms. The van der Waals surface area contributed by atoms with Crippen LogP contribution in [0.25, 0.3) is 22.5 Å². The zero-order chi connectivity index (χ0) is 15.7. The summed E-state index contributed by atoms with van der Waals surface area (Å²) in [6.45, 7) is 0. The molecule has 0 saturated carbocycles. The number of anilines is 1. The Labute approximate surface area is 128 Å². The number of fused-ring (bicyclic) bond motifs is 1. The maximum Gasteiger partial charge on any atom is 0.311 e. The smallest absolute Gasteiger partial charge is 0.311 e. The summed E-state index contributed by atoms with van der Waals surface area (Å²) in [4.78, 5) is 13.1. The number of carboxylic acids is 1. The standard InChI is InChI=1S/C18H17NO3/c1-19(2)14-8-6-12(7-9-14)15-10-13-4-3-5-16(13)22-17(15)11-18(20)21/h3-10H,11H2,1-2H3,(H,20,21). The van der Waals surface area contributed by atoms with Crippen LogP contribution in [0.15, 0.2) is 52.9 Å². The molecule has 0 atom stereocenters. The molecule has 4 heteroatoms. The zero-order valence-electron chi connectivity index (χ0n) is 12.5. The molecule has 0 bridgehead atoms. The van der Waals surface area contributed by atoms with E-state index in [2.05, 4.69) is 0 Å². The molecule has 1 aromatic rings. The molecule has 112 valence electrons. The van der Waals surface area contributed by atoms with E-state index in [1.165, 1.54) is 0 Å². The summed E-state index contributed by atoms with van der Waals surface area (Å²) in [6, 6.07) is 15.7. The van der Waals surface area contributed by atoms with Crippen molar-refractivity contribution in [1.82, 2.24) is 0 Å². The summed E-state index contributed by atoms with van der Waals surface area (Å²) >= 11 is 0. The molecular formula is C18H17NO3. The van der Waals surface area contributed by atoms with Crippen LogP contribution in [0.1, 0.15) is 5.76 Å². The predicted molar refractivity (Wildman–Crippen MR) is 86.4 cm³/mol. The molecule has 3 rings (SSSR count). The third-order valence-corrected chi connectivity index (χ3v) is 3.65. The number of hydrogen-bond donors (Lipinski definition) is 1. The highest BCUT2D eigenvalue weighted by Gasteiger charge is 2.16. The van der Waals surface area contributed by atoms with Crippen LogP contribution >= 0.6 is 0 Å². The highest BCUT2D eigenvalue weighted by Crippen LogP contribution is 2.34. The second-order valence-corrected chi connectivity index (χ2v) is 5.44. The van der Waals surface area contributed by atoms with E-state index in [4.69, 9.17) is 9.52 Å². The lowest BCUT2D eigenvalue weighted by atomic mass is 10.0. The summed E-state index contributed by atoms with van der Waals surface area (Å²) in [5.41, 5.74) is 3.84. The number of aliphatic carboxylic acids is 1. The van der Waals surface area contributed by atoms with Gasteiger partial charge in [-0.3, -0.25) is 4.79 Å². The molecule has 0 amide bonds. The van der Waals surface area contributed by atoms with Gasteiger partial charge < -0.3 is 14.4 Å². The number of rotatable bonds is 4. The largest absolute Gasteiger partial charge is 0.481 e. The van der Waals surface area contributed by atoms with E-state index in [1.807, 2.05) is 67.5 Å². The summed E-state index contributed by atoms with van der Waals surface area (Å²) in [6.07, 6.45) is -0.133. The van der Waals surface area contributed by atoms with Gasteiger partial charge in [-0.2, -0.15) is 0 Å². The second-order valence-electron chi connectivity index (χ2n) is 5.44. The molecule has 1 aliphatic carbocycles. The van der Waals surface area contributed by atoms with E-state index in [1.54, 1.807) is 0 Å². The topological polar surface area (TPSA) is 53.7 Å². The Hall–Kier alpha value is -2.75. The lowest BCUT2D eigenvalue weighted by Crippen LogP contribution is -2.08.